The number of fused-ring (bicyclic) bond motifs is 3. The first-order valence-electron chi connectivity index (χ1n) is 8.56. The van der Waals surface area contributed by atoms with Crippen molar-refractivity contribution in [3.8, 4) is 16.9 Å². The van der Waals surface area contributed by atoms with E-state index in [1.165, 1.54) is 12.1 Å². The van der Waals surface area contributed by atoms with Gasteiger partial charge in [0, 0.05) is 35.3 Å². The number of benzene rings is 2. The topological polar surface area (TPSA) is 51.2 Å². The summed E-state index contributed by atoms with van der Waals surface area (Å²) in [5.41, 5.74) is 2.96. The van der Waals surface area contributed by atoms with Gasteiger partial charge in [-0.3, -0.25) is 9.78 Å². The minimum Gasteiger partial charge on any atom is -0.488 e. The molecule has 3 aromatic rings. The molecular weight excluding hydrogens is 369 g/mol. The molecular formula is C21H15F3N2O2. The molecule has 1 aromatic heterocycles. The van der Waals surface area contributed by atoms with Gasteiger partial charge < -0.3 is 10.1 Å². The van der Waals surface area contributed by atoms with Crippen molar-refractivity contribution in [2.75, 3.05) is 5.32 Å². The Balaban J connectivity index is 1.49. The van der Waals surface area contributed by atoms with Crippen molar-refractivity contribution in [1.82, 2.24) is 4.98 Å². The summed E-state index contributed by atoms with van der Waals surface area (Å²) in [4.78, 5) is 16.3. The smallest absolute Gasteiger partial charge is 0.416 e. The number of hydrogen-bond acceptors (Lipinski definition) is 3. The summed E-state index contributed by atoms with van der Waals surface area (Å²) in [6, 6.07) is 12.0. The third kappa shape index (κ3) is 3.69. The average molecular weight is 384 g/mol. The molecule has 2 aromatic carbocycles. The number of carbonyl (C=O) groups is 1. The van der Waals surface area contributed by atoms with E-state index >= 15 is 0 Å². The zero-order valence-electron chi connectivity index (χ0n) is 14.6. The maximum absolute atomic E-state index is 12.8. The van der Waals surface area contributed by atoms with Crippen molar-refractivity contribution in [2.24, 2.45) is 0 Å². The van der Waals surface area contributed by atoms with Gasteiger partial charge in [0.05, 0.1) is 12.0 Å². The highest BCUT2D eigenvalue weighted by molar-refractivity contribution is 5.93. The third-order valence-corrected chi connectivity index (χ3v) is 4.46. The van der Waals surface area contributed by atoms with E-state index in [1.807, 2.05) is 12.1 Å². The predicted octanol–water partition coefficient (Wildman–Crippen LogP) is 4.84. The second-order valence-corrected chi connectivity index (χ2v) is 6.46. The van der Waals surface area contributed by atoms with Crippen molar-refractivity contribution in [1.29, 1.82) is 0 Å². The van der Waals surface area contributed by atoms with Crippen LogP contribution in [-0.2, 0) is 24.0 Å². The second kappa shape index (κ2) is 6.99. The van der Waals surface area contributed by atoms with Crippen LogP contribution in [0.4, 0.5) is 18.9 Å². The molecule has 1 amide bonds. The fraction of sp³-hybridized carbons (Fsp3) is 0.143. The quantitative estimate of drug-likeness (QED) is 0.703. The first-order chi connectivity index (χ1) is 13.4. The van der Waals surface area contributed by atoms with Gasteiger partial charge in [0.2, 0.25) is 5.91 Å². The number of alkyl halides is 3. The maximum atomic E-state index is 12.8. The summed E-state index contributed by atoms with van der Waals surface area (Å²) >= 11 is 0. The normalized spacial score (nSPS) is 12.5. The largest absolute Gasteiger partial charge is 0.488 e. The van der Waals surface area contributed by atoms with Crippen LogP contribution in [0, 0.1) is 0 Å². The summed E-state index contributed by atoms with van der Waals surface area (Å²) in [6.07, 6.45) is -1.13. The summed E-state index contributed by atoms with van der Waals surface area (Å²) in [5, 5.41) is 2.71. The van der Waals surface area contributed by atoms with Gasteiger partial charge in [-0.1, -0.05) is 18.2 Å². The first kappa shape index (κ1) is 18.0. The lowest BCUT2D eigenvalue weighted by atomic mass is 9.98. The molecule has 1 N–H and O–H groups in total. The molecule has 0 radical (unpaired) electrons. The van der Waals surface area contributed by atoms with Gasteiger partial charge in [0.1, 0.15) is 12.4 Å². The molecule has 142 valence electrons. The highest BCUT2D eigenvalue weighted by atomic mass is 19.4. The molecule has 0 spiro atoms. The number of anilines is 1. The van der Waals surface area contributed by atoms with Crippen molar-refractivity contribution < 1.29 is 22.7 Å². The van der Waals surface area contributed by atoms with Crippen LogP contribution in [0.2, 0.25) is 0 Å². The van der Waals surface area contributed by atoms with E-state index in [0.717, 1.165) is 28.8 Å². The molecule has 28 heavy (non-hydrogen) atoms. The van der Waals surface area contributed by atoms with Crippen LogP contribution in [0.15, 0.2) is 60.9 Å². The Morgan fingerprint density at radius 2 is 1.96 bits per heavy atom. The fourth-order valence-corrected chi connectivity index (χ4v) is 3.15. The van der Waals surface area contributed by atoms with Gasteiger partial charge in [-0.25, -0.2) is 0 Å². The highest BCUT2D eigenvalue weighted by Crippen LogP contribution is 2.38. The lowest BCUT2D eigenvalue weighted by Gasteiger charge is -2.21. The highest BCUT2D eigenvalue weighted by Gasteiger charge is 2.30. The van der Waals surface area contributed by atoms with E-state index in [1.54, 1.807) is 24.5 Å². The Morgan fingerprint density at radius 3 is 2.79 bits per heavy atom. The Morgan fingerprint density at radius 1 is 1.11 bits per heavy atom. The summed E-state index contributed by atoms with van der Waals surface area (Å²) in [7, 11) is 0. The van der Waals surface area contributed by atoms with E-state index in [4.69, 9.17) is 4.74 Å². The standard InChI is InChI=1S/C21H15F3N2O2/c22-21(23,24)15-3-1-2-13(8-15)9-20(27)26-16-4-5-18-17-6-7-25-11-14(17)12-28-19(18)10-16/h1-8,10-11H,9,12H2,(H,26,27). The van der Waals surface area contributed by atoms with Crippen LogP contribution in [0.1, 0.15) is 16.7 Å². The zero-order valence-corrected chi connectivity index (χ0v) is 14.6. The Bertz CT molecular complexity index is 1050. The minimum absolute atomic E-state index is 0.156. The summed E-state index contributed by atoms with van der Waals surface area (Å²) < 4.78 is 44.1. The number of carbonyl (C=O) groups excluding carboxylic acids is 1. The van der Waals surface area contributed by atoms with E-state index in [2.05, 4.69) is 10.3 Å². The van der Waals surface area contributed by atoms with Crippen LogP contribution in [0.3, 0.4) is 0 Å². The first-order valence-corrected chi connectivity index (χ1v) is 8.56. The molecule has 1 aliphatic heterocycles. The number of nitrogens with one attached hydrogen (secondary N) is 1. The molecule has 4 rings (SSSR count). The number of halogens is 3. The number of pyridine rings is 1. The number of ether oxygens (including phenoxy) is 1. The van der Waals surface area contributed by atoms with Crippen LogP contribution in [0.5, 0.6) is 5.75 Å². The average Bonchev–Trinajstić information content (AvgIpc) is 2.67. The van der Waals surface area contributed by atoms with Crippen LogP contribution >= 0.6 is 0 Å². The molecule has 4 nitrogen and oxygen atoms in total. The van der Waals surface area contributed by atoms with E-state index in [-0.39, 0.29) is 6.42 Å². The van der Waals surface area contributed by atoms with Crippen molar-refractivity contribution >= 4 is 11.6 Å². The van der Waals surface area contributed by atoms with Gasteiger partial charge in [-0.05, 0) is 35.4 Å². The molecule has 2 heterocycles. The monoisotopic (exact) mass is 384 g/mol. The van der Waals surface area contributed by atoms with Crippen LogP contribution in [-0.4, -0.2) is 10.9 Å². The van der Waals surface area contributed by atoms with Gasteiger partial charge in [0.15, 0.2) is 0 Å². The molecule has 0 saturated heterocycles. The SMILES string of the molecule is O=C(Cc1cccc(C(F)(F)F)c1)Nc1ccc2c(c1)OCc1cnccc1-2. The fourth-order valence-electron chi connectivity index (χ4n) is 3.15. The van der Waals surface area contributed by atoms with Gasteiger partial charge in [-0.15, -0.1) is 0 Å². The molecule has 0 aliphatic carbocycles. The number of nitrogens with zero attached hydrogens (tertiary/aromatic N) is 1. The molecule has 7 heteroatoms. The predicted molar refractivity (Wildman–Crippen MR) is 97.8 cm³/mol. The van der Waals surface area contributed by atoms with E-state index in [9.17, 15) is 18.0 Å². The Labute approximate surface area is 159 Å². The zero-order chi connectivity index (χ0) is 19.7. The van der Waals surface area contributed by atoms with Crippen LogP contribution < -0.4 is 10.1 Å². The van der Waals surface area contributed by atoms with E-state index < -0.39 is 17.6 Å². The molecule has 1 aliphatic rings. The lowest BCUT2D eigenvalue weighted by Crippen LogP contribution is -2.15. The van der Waals surface area contributed by atoms with Gasteiger partial charge in [0.25, 0.3) is 0 Å². The number of amides is 1. The Kier molecular flexibility index (Phi) is 4.50. The lowest BCUT2D eigenvalue weighted by molar-refractivity contribution is -0.137. The second-order valence-electron chi connectivity index (χ2n) is 6.46. The molecule has 0 bridgehead atoms. The molecule has 0 atom stereocenters. The van der Waals surface area contributed by atoms with Crippen LogP contribution in [0.25, 0.3) is 11.1 Å². The number of rotatable bonds is 3. The molecule has 0 fully saturated rings. The van der Waals surface area contributed by atoms with Crippen molar-refractivity contribution in [2.45, 2.75) is 19.2 Å². The van der Waals surface area contributed by atoms with Crippen molar-refractivity contribution in [3.63, 3.8) is 0 Å². The van der Waals surface area contributed by atoms with Gasteiger partial charge in [-0.2, -0.15) is 13.2 Å². The number of aromatic nitrogens is 1. The third-order valence-electron chi connectivity index (χ3n) is 4.46. The summed E-state index contributed by atoms with van der Waals surface area (Å²) in [6.45, 7) is 0.387. The molecule has 0 unspecified atom stereocenters. The molecule has 0 saturated carbocycles. The van der Waals surface area contributed by atoms with Gasteiger partial charge >= 0.3 is 6.18 Å². The van der Waals surface area contributed by atoms with Crippen molar-refractivity contribution in [3.05, 3.63) is 77.6 Å². The maximum Gasteiger partial charge on any atom is 0.416 e. The Hall–Kier alpha value is -3.35. The van der Waals surface area contributed by atoms with E-state index in [0.29, 0.717) is 23.6 Å². The number of hydrogen-bond donors (Lipinski definition) is 1. The summed E-state index contributed by atoms with van der Waals surface area (Å²) in [5.74, 6) is 0.232. The minimum atomic E-state index is -4.44.